The van der Waals surface area contributed by atoms with Crippen molar-refractivity contribution >= 4 is 23.4 Å². The molecule has 7 heteroatoms. The van der Waals surface area contributed by atoms with Crippen molar-refractivity contribution in [3.8, 4) is 0 Å². The van der Waals surface area contributed by atoms with E-state index in [4.69, 9.17) is 0 Å². The van der Waals surface area contributed by atoms with E-state index in [-0.39, 0.29) is 41.6 Å². The van der Waals surface area contributed by atoms with Gasteiger partial charge in [0.1, 0.15) is 0 Å². The molecule has 4 atom stereocenters. The van der Waals surface area contributed by atoms with Crippen LogP contribution in [0.1, 0.15) is 136 Å². The highest BCUT2D eigenvalue weighted by Crippen LogP contribution is 2.25. The topological polar surface area (TPSA) is 100 Å². The molecular formula is C38H52N4O3. The average molecular weight is 613 g/mol. The number of nitrogens with one attached hydrogen (secondary N) is 3. The van der Waals surface area contributed by atoms with Crippen molar-refractivity contribution < 1.29 is 14.4 Å². The molecule has 4 unspecified atom stereocenters. The fourth-order valence-corrected chi connectivity index (χ4v) is 5.18. The van der Waals surface area contributed by atoms with Crippen molar-refractivity contribution in [2.75, 3.05) is 5.32 Å². The Morgan fingerprint density at radius 1 is 0.622 bits per heavy atom. The average Bonchev–Trinajstić information content (AvgIpc) is 3.02. The molecule has 3 aromatic rings. The monoisotopic (exact) mass is 612 g/mol. The van der Waals surface area contributed by atoms with Crippen LogP contribution in [0.25, 0.3) is 0 Å². The molecule has 3 amide bonds. The van der Waals surface area contributed by atoms with Crippen molar-refractivity contribution in [2.24, 2.45) is 5.92 Å². The Morgan fingerprint density at radius 2 is 1.20 bits per heavy atom. The van der Waals surface area contributed by atoms with Crippen LogP contribution in [0.2, 0.25) is 0 Å². The van der Waals surface area contributed by atoms with Crippen molar-refractivity contribution in [2.45, 2.75) is 111 Å². The lowest BCUT2D eigenvalue weighted by atomic mass is 9.93. The van der Waals surface area contributed by atoms with Gasteiger partial charge in [-0.15, -0.1) is 0 Å². The van der Waals surface area contributed by atoms with Gasteiger partial charge in [-0.25, -0.2) is 0 Å². The lowest BCUT2D eigenvalue weighted by Gasteiger charge is -2.18. The fourth-order valence-electron chi connectivity index (χ4n) is 5.18. The summed E-state index contributed by atoms with van der Waals surface area (Å²) in [6.07, 6.45) is 4.99. The second-order valence-electron chi connectivity index (χ2n) is 13.2. The summed E-state index contributed by atoms with van der Waals surface area (Å²) in [7, 11) is 0. The minimum atomic E-state index is -0.146. The molecule has 0 saturated heterocycles. The van der Waals surface area contributed by atoms with Gasteiger partial charge in [0.2, 0.25) is 5.91 Å². The second-order valence-corrected chi connectivity index (χ2v) is 13.2. The highest BCUT2D eigenvalue weighted by Gasteiger charge is 2.18. The van der Waals surface area contributed by atoms with Crippen LogP contribution in [0.15, 0.2) is 66.9 Å². The summed E-state index contributed by atoms with van der Waals surface area (Å²) in [5.74, 6) is 0.641. The predicted octanol–water partition coefficient (Wildman–Crippen LogP) is 8.20. The van der Waals surface area contributed by atoms with Crippen LogP contribution >= 0.6 is 0 Å². The maximum absolute atomic E-state index is 12.9. The molecule has 0 bridgehead atoms. The van der Waals surface area contributed by atoms with Gasteiger partial charge in [0, 0.05) is 41.1 Å². The number of pyridine rings is 1. The summed E-state index contributed by atoms with van der Waals surface area (Å²) >= 11 is 0. The first-order valence-electron chi connectivity index (χ1n) is 16.4. The molecule has 45 heavy (non-hydrogen) atoms. The number of benzene rings is 2. The summed E-state index contributed by atoms with van der Waals surface area (Å²) < 4.78 is 0. The smallest absolute Gasteiger partial charge is 0.253 e. The van der Waals surface area contributed by atoms with E-state index in [2.05, 4.69) is 67.7 Å². The van der Waals surface area contributed by atoms with Crippen LogP contribution in [0, 0.1) is 5.92 Å². The lowest BCUT2D eigenvalue weighted by molar-refractivity contribution is -0.119. The van der Waals surface area contributed by atoms with Gasteiger partial charge in [0.25, 0.3) is 11.8 Å². The molecular weight excluding hydrogens is 560 g/mol. The number of hydrogen-bond acceptors (Lipinski definition) is 4. The first-order chi connectivity index (χ1) is 21.3. The molecule has 0 aliphatic rings. The van der Waals surface area contributed by atoms with Crippen LogP contribution in [-0.2, 0) is 4.79 Å². The van der Waals surface area contributed by atoms with Gasteiger partial charge in [-0.3, -0.25) is 19.4 Å². The molecule has 3 rings (SSSR count). The quantitative estimate of drug-likeness (QED) is 0.161. The van der Waals surface area contributed by atoms with Gasteiger partial charge in [-0.2, -0.15) is 0 Å². The van der Waals surface area contributed by atoms with Gasteiger partial charge in [-0.1, -0.05) is 58.9 Å². The molecule has 0 aliphatic carbocycles. The Hall–Kier alpha value is -4.00. The molecule has 0 radical (unpaired) electrons. The van der Waals surface area contributed by atoms with Crippen molar-refractivity contribution in [3.63, 3.8) is 0 Å². The third kappa shape index (κ3) is 11.1. The zero-order valence-electron chi connectivity index (χ0n) is 28.3. The molecule has 2 aromatic carbocycles. The molecule has 7 nitrogen and oxygen atoms in total. The number of amides is 3. The number of anilines is 1. The number of nitrogens with zero attached hydrogens (tertiary/aromatic N) is 1. The summed E-state index contributed by atoms with van der Waals surface area (Å²) in [5.41, 5.74) is 5.38. The van der Waals surface area contributed by atoms with Crippen LogP contribution in [0.4, 0.5) is 5.69 Å². The lowest BCUT2D eigenvalue weighted by Crippen LogP contribution is -2.32. The summed E-state index contributed by atoms with van der Waals surface area (Å²) in [4.78, 5) is 42.2. The Kier molecular flexibility index (Phi) is 13.3. The third-order valence-corrected chi connectivity index (χ3v) is 8.45. The maximum Gasteiger partial charge on any atom is 0.253 e. The first kappa shape index (κ1) is 35.5. The summed E-state index contributed by atoms with van der Waals surface area (Å²) in [6, 6.07) is 19.8. The third-order valence-electron chi connectivity index (χ3n) is 8.45. The number of rotatable bonds is 15. The Bertz CT molecular complexity index is 1380. The van der Waals surface area contributed by atoms with Crippen LogP contribution < -0.4 is 16.0 Å². The van der Waals surface area contributed by atoms with Crippen molar-refractivity contribution in [3.05, 3.63) is 94.8 Å². The SMILES string of the molecule is CC(C)NC(=O)c1ccc(C(C)CCC(C)C(=O)Nc2ccc(C(C)CCC(C)NC(=O)c3ccc(C(C)C)cc3)cc2)nc1. The van der Waals surface area contributed by atoms with Gasteiger partial charge in [-0.05, 0) is 112 Å². The molecule has 3 N–H and O–H groups in total. The maximum atomic E-state index is 12.9. The fraction of sp³-hybridized carbons (Fsp3) is 0.474. The van der Waals surface area contributed by atoms with Crippen LogP contribution in [0.3, 0.4) is 0 Å². The Balaban J connectivity index is 1.41. The van der Waals surface area contributed by atoms with E-state index in [1.807, 2.05) is 69.3 Å². The summed E-state index contributed by atoms with van der Waals surface area (Å²) in [5, 5.41) is 9.06. The predicted molar refractivity (Wildman–Crippen MR) is 184 cm³/mol. The van der Waals surface area contributed by atoms with E-state index >= 15 is 0 Å². The minimum absolute atomic E-state index is 0.0000687. The Labute approximate surface area is 270 Å². The normalized spacial score (nSPS) is 14.0. The number of carbonyl (C=O) groups excluding carboxylic acids is 3. The molecule has 0 aliphatic heterocycles. The van der Waals surface area contributed by atoms with E-state index < -0.39 is 0 Å². The molecule has 0 saturated carbocycles. The molecule has 1 aromatic heterocycles. The number of hydrogen-bond donors (Lipinski definition) is 3. The van der Waals surface area contributed by atoms with E-state index in [1.165, 1.54) is 11.1 Å². The first-order valence-corrected chi connectivity index (χ1v) is 16.4. The van der Waals surface area contributed by atoms with Gasteiger partial charge < -0.3 is 16.0 Å². The molecule has 0 spiro atoms. The zero-order valence-corrected chi connectivity index (χ0v) is 28.3. The zero-order chi connectivity index (χ0) is 33.1. The van der Waals surface area contributed by atoms with Gasteiger partial charge in [0.05, 0.1) is 5.56 Å². The van der Waals surface area contributed by atoms with Gasteiger partial charge >= 0.3 is 0 Å². The largest absolute Gasteiger partial charge is 0.350 e. The Morgan fingerprint density at radius 3 is 1.78 bits per heavy atom. The van der Waals surface area contributed by atoms with Gasteiger partial charge in [0.15, 0.2) is 0 Å². The van der Waals surface area contributed by atoms with E-state index in [0.29, 0.717) is 23.0 Å². The van der Waals surface area contributed by atoms with Crippen molar-refractivity contribution in [1.29, 1.82) is 0 Å². The molecule has 242 valence electrons. The van der Waals surface area contributed by atoms with Crippen LogP contribution in [0.5, 0.6) is 0 Å². The van der Waals surface area contributed by atoms with Crippen molar-refractivity contribution in [1.82, 2.24) is 15.6 Å². The highest BCUT2D eigenvalue weighted by atomic mass is 16.2. The number of aromatic nitrogens is 1. The van der Waals surface area contributed by atoms with E-state index in [0.717, 1.165) is 37.1 Å². The standard InChI is InChI=1S/C38H52N4O3/c1-24(2)30-13-15-32(16-14-30)37(44)41-29(8)12-11-26(5)31-17-20-34(21-18-31)42-36(43)28(7)10-9-27(6)35-22-19-33(23-39-35)38(45)40-25(3)4/h13-29H,9-12H2,1-8H3,(H,40,45)(H,41,44)(H,42,43). The number of carbonyl (C=O) groups is 3. The molecule has 1 heterocycles. The van der Waals surface area contributed by atoms with E-state index in [9.17, 15) is 14.4 Å². The molecule has 0 fully saturated rings. The van der Waals surface area contributed by atoms with E-state index in [1.54, 1.807) is 6.20 Å². The minimum Gasteiger partial charge on any atom is -0.350 e. The van der Waals surface area contributed by atoms with Crippen LogP contribution in [-0.4, -0.2) is 34.8 Å². The second kappa shape index (κ2) is 16.9. The highest BCUT2D eigenvalue weighted by molar-refractivity contribution is 5.95. The summed E-state index contributed by atoms with van der Waals surface area (Å²) in [6.45, 7) is 16.4.